The highest BCUT2D eigenvalue weighted by Crippen LogP contribution is 2.40. The number of carbonyl (C=O) groups excluding carboxylic acids is 3. The Kier molecular flexibility index (Phi) is 12.6. The van der Waals surface area contributed by atoms with E-state index >= 15 is 0 Å². The Bertz CT molecular complexity index is 2360. The Morgan fingerprint density at radius 1 is 0.476 bits per heavy atom. The molecule has 6 aliphatic rings. The first-order valence-corrected chi connectivity index (χ1v) is 24.3. The number of Topliss-reactive ketones (excluding diaryl/α,β-unsaturated/α-hetero) is 3. The van der Waals surface area contributed by atoms with Gasteiger partial charge >= 0.3 is 0 Å². The van der Waals surface area contributed by atoms with Gasteiger partial charge in [-0.3, -0.25) is 19.3 Å². The van der Waals surface area contributed by atoms with Crippen molar-refractivity contribution < 1.29 is 19.1 Å². The van der Waals surface area contributed by atoms with Crippen LogP contribution < -0.4 is 10.1 Å². The van der Waals surface area contributed by atoms with Gasteiger partial charge in [0.05, 0.1) is 10.8 Å². The third-order valence-corrected chi connectivity index (χ3v) is 15.0. The number of hydrogen-bond donors (Lipinski definition) is 1. The monoisotopic (exact) mass is 858 g/mol. The highest BCUT2D eigenvalue weighted by Gasteiger charge is 2.36. The van der Waals surface area contributed by atoms with E-state index in [2.05, 4.69) is 74.6 Å². The van der Waals surface area contributed by atoms with Gasteiger partial charge in [-0.2, -0.15) is 0 Å². The van der Waals surface area contributed by atoms with E-state index in [1.54, 1.807) is 11.8 Å². The lowest BCUT2D eigenvalue weighted by molar-refractivity contribution is 0.0761. The van der Waals surface area contributed by atoms with E-state index < -0.39 is 0 Å². The standard InChI is InChI=1S/C18H20N2O.C18H19NO2.C18H19NOS/c21-18-15-10-13-6-2-3-7-14(13)11-16(15)19-17(18)12-20-8-4-1-5-9-20;2*20-18-15-10-13-6-2-3-7-14(13)11-16(15)21-17(18)12-19-8-4-1-5-9-19/h2-3,6-7,10-11,17,19H,1,4-5,8-9,12H2;2*2-3,6-7,10-11,17H,1,4-5,8-9,12H2. The number of ether oxygens (including phenoxy) is 1. The second-order valence-electron chi connectivity index (χ2n) is 18.2. The number of nitrogens with one attached hydrogen (secondary N) is 1. The predicted molar refractivity (Wildman–Crippen MR) is 257 cm³/mol. The summed E-state index contributed by atoms with van der Waals surface area (Å²) in [5.41, 5.74) is 3.54. The summed E-state index contributed by atoms with van der Waals surface area (Å²) in [4.78, 5) is 46.3. The van der Waals surface area contributed by atoms with Crippen LogP contribution in [0.15, 0.2) is 114 Å². The van der Waals surface area contributed by atoms with Gasteiger partial charge in [-0.15, -0.1) is 11.8 Å². The number of carbonyl (C=O) groups is 3. The van der Waals surface area contributed by atoms with Crippen LogP contribution in [0.2, 0.25) is 0 Å². The number of benzene rings is 6. The molecule has 12 rings (SSSR count). The Labute approximate surface area is 375 Å². The summed E-state index contributed by atoms with van der Waals surface area (Å²) >= 11 is 1.76. The first-order valence-electron chi connectivity index (χ1n) is 23.4. The molecule has 0 aromatic heterocycles. The summed E-state index contributed by atoms with van der Waals surface area (Å²) in [6.07, 6.45) is 11.2. The summed E-state index contributed by atoms with van der Waals surface area (Å²) in [5.74, 6) is 1.47. The van der Waals surface area contributed by atoms with Crippen molar-refractivity contribution in [1.29, 1.82) is 0 Å². The lowest BCUT2D eigenvalue weighted by atomic mass is 10.0. The molecule has 6 aliphatic heterocycles. The van der Waals surface area contributed by atoms with Gasteiger partial charge in [-0.05, 0) is 147 Å². The number of anilines is 1. The fourth-order valence-electron chi connectivity index (χ4n) is 10.3. The van der Waals surface area contributed by atoms with Crippen LogP contribution in [0.3, 0.4) is 0 Å². The van der Waals surface area contributed by atoms with Crippen LogP contribution in [0.1, 0.15) is 88.9 Å². The fraction of sp³-hybridized carbons (Fsp3) is 0.389. The number of rotatable bonds is 6. The topological polar surface area (TPSA) is 82.2 Å². The van der Waals surface area contributed by atoms with E-state index in [0.29, 0.717) is 5.78 Å². The average Bonchev–Trinajstić information content (AvgIpc) is 3.92. The van der Waals surface area contributed by atoms with Crippen LogP contribution in [0.5, 0.6) is 5.75 Å². The molecule has 0 spiro atoms. The van der Waals surface area contributed by atoms with Gasteiger partial charge in [0.1, 0.15) is 11.8 Å². The largest absolute Gasteiger partial charge is 0.480 e. The first kappa shape index (κ1) is 41.9. The molecule has 8 nitrogen and oxygen atoms in total. The Balaban J connectivity index is 0.000000112. The zero-order valence-corrected chi connectivity index (χ0v) is 37.1. The average molecular weight is 859 g/mol. The predicted octanol–water partition coefficient (Wildman–Crippen LogP) is 10.6. The van der Waals surface area contributed by atoms with Crippen molar-refractivity contribution in [3.63, 3.8) is 0 Å². The van der Waals surface area contributed by atoms with Crippen molar-refractivity contribution in [3.8, 4) is 5.75 Å². The fourth-order valence-corrected chi connectivity index (χ4v) is 11.6. The normalized spacial score (nSPS) is 22.4. The first-order chi connectivity index (χ1) is 30.9. The molecular weight excluding hydrogens is 801 g/mol. The molecule has 3 fully saturated rings. The SMILES string of the molecule is O=C1c2cc3ccccc3cc2NC1CN1CCCCC1.O=C1c2cc3ccccc3cc2OC1CN1CCCCC1.O=C1c2cc3ccccc3cc2SC1CN1CCCCC1. The number of fused-ring (bicyclic) bond motifs is 6. The van der Waals surface area contributed by atoms with Crippen LogP contribution in [-0.4, -0.2) is 108 Å². The molecule has 0 bridgehead atoms. The number of likely N-dealkylation sites (tertiary alicyclic amines) is 3. The molecule has 9 heteroatoms. The number of thioether (sulfide) groups is 1. The van der Waals surface area contributed by atoms with Crippen molar-refractivity contribution in [1.82, 2.24) is 14.7 Å². The minimum Gasteiger partial charge on any atom is -0.480 e. The molecule has 6 aromatic rings. The van der Waals surface area contributed by atoms with Crippen molar-refractivity contribution in [2.75, 3.05) is 64.2 Å². The van der Waals surface area contributed by atoms with Crippen molar-refractivity contribution in [2.45, 2.75) is 80.1 Å². The maximum Gasteiger partial charge on any atom is 0.208 e. The van der Waals surface area contributed by atoms with Gasteiger partial charge in [0.25, 0.3) is 0 Å². The zero-order chi connectivity index (χ0) is 42.7. The number of hydrogen-bond acceptors (Lipinski definition) is 9. The molecule has 0 saturated carbocycles. The third kappa shape index (κ3) is 9.30. The molecule has 6 heterocycles. The Hall–Kier alpha value is -5.06. The third-order valence-electron chi connectivity index (χ3n) is 13.8. The smallest absolute Gasteiger partial charge is 0.208 e. The highest BCUT2D eigenvalue weighted by molar-refractivity contribution is 8.01. The maximum absolute atomic E-state index is 12.7. The number of piperidine rings is 3. The lowest BCUT2D eigenvalue weighted by Crippen LogP contribution is -2.41. The molecular formula is C54H58N4O4S. The van der Waals surface area contributed by atoms with E-state index in [9.17, 15) is 14.4 Å². The maximum atomic E-state index is 12.7. The molecule has 6 aromatic carbocycles. The molecule has 324 valence electrons. The van der Waals surface area contributed by atoms with Crippen LogP contribution >= 0.6 is 11.8 Å². The van der Waals surface area contributed by atoms with Crippen molar-refractivity contribution in [3.05, 3.63) is 126 Å². The van der Waals surface area contributed by atoms with Gasteiger partial charge < -0.3 is 19.9 Å². The molecule has 63 heavy (non-hydrogen) atoms. The second-order valence-corrected chi connectivity index (χ2v) is 19.5. The molecule has 0 radical (unpaired) electrons. The summed E-state index contributed by atoms with van der Waals surface area (Å²) in [7, 11) is 0. The summed E-state index contributed by atoms with van der Waals surface area (Å²) in [6, 6.07) is 37.0. The minimum absolute atomic E-state index is 0.0742. The van der Waals surface area contributed by atoms with Crippen LogP contribution in [-0.2, 0) is 0 Å². The zero-order valence-electron chi connectivity index (χ0n) is 36.2. The number of nitrogens with zero attached hydrogens (tertiary/aromatic N) is 3. The van der Waals surface area contributed by atoms with Gasteiger partial charge in [-0.1, -0.05) is 92.1 Å². The summed E-state index contributed by atoms with van der Waals surface area (Å²) < 4.78 is 5.94. The molecule has 0 amide bonds. The van der Waals surface area contributed by atoms with E-state index in [1.807, 2.05) is 54.6 Å². The molecule has 0 aliphatic carbocycles. The van der Waals surface area contributed by atoms with E-state index in [0.717, 1.165) is 103 Å². The van der Waals surface area contributed by atoms with E-state index in [4.69, 9.17) is 4.74 Å². The molecule has 1 N–H and O–H groups in total. The lowest BCUT2D eigenvalue weighted by Gasteiger charge is -2.28. The van der Waals surface area contributed by atoms with Gasteiger partial charge in [0.2, 0.25) is 5.78 Å². The van der Waals surface area contributed by atoms with Gasteiger partial charge in [-0.25, -0.2) is 0 Å². The molecule has 3 unspecified atom stereocenters. The summed E-state index contributed by atoms with van der Waals surface area (Å²) in [5, 5.41) is 10.5. The summed E-state index contributed by atoms with van der Waals surface area (Å²) in [6.45, 7) is 9.22. The van der Waals surface area contributed by atoms with Crippen molar-refractivity contribution in [2.24, 2.45) is 0 Å². The van der Waals surface area contributed by atoms with Crippen LogP contribution in [0, 0.1) is 0 Å². The van der Waals surface area contributed by atoms with Gasteiger partial charge in [0, 0.05) is 41.3 Å². The van der Waals surface area contributed by atoms with Crippen LogP contribution in [0.4, 0.5) is 5.69 Å². The Morgan fingerprint density at radius 3 is 1.51 bits per heavy atom. The number of ketones is 3. The van der Waals surface area contributed by atoms with E-state index in [1.165, 1.54) is 78.8 Å². The van der Waals surface area contributed by atoms with Crippen molar-refractivity contribution >= 4 is 67.1 Å². The van der Waals surface area contributed by atoms with Gasteiger partial charge in [0.15, 0.2) is 17.7 Å². The highest BCUT2D eigenvalue weighted by atomic mass is 32.2. The Morgan fingerprint density at radius 2 is 0.937 bits per heavy atom. The molecule has 3 saturated heterocycles. The van der Waals surface area contributed by atoms with E-state index in [-0.39, 0.29) is 29.0 Å². The second kappa shape index (κ2) is 19.0. The quantitative estimate of drug-likeness (QED) is 0.176. The van der Waals surface area contributed by atoms with Crippen LogP contribution in [0.25, 0.3) is 32.3 Å². The molecule has 3 atom stereocenters. The minimum atomic E-state index is -0.324.